The number of hydrogen-bond acceptors (Lipinski definition) is 6. The zero-order chi connectivity index (χ0) is 25.2. The normalized spacial score (nSPS) is 13.8. The highest BCUT2D eigenvalue weighted by Gasteiger charge is 2.28. The maximum Gasteiger partial charge on any atom is 0.254 e. The van der Waals surface area contributed by atoms with E-state index in [0.717, 1.165) is 17.1 Å². The van der Waals surface area contributed by atoms with Gasteiger partial charge < -0.3 is 29.2 Å². The van der Waals surface area contributed by atoms with Crippen LogP contribution in [0.1, 0.15) is 42.6 Å². The Bertz CT molecular complexity index is 979. The minimum Gasteiger partial charge on any atom is -0.497 e. The molecule has 3 rings (SSSR count). The molecule has 1 N–H and O–H groups in total. The fourth-order valence-electron chi connectivity index (χ4n) is 4.18. The second-order valence-electron chi connectivity index (χ2n) is 8.36. The first-order valence-corrected chi connectivity index (χ1v) is 12.2. The number of nitrogens with zero attached hydrogens (tertiary/aromatic N) is 1. The highest BCUT2D eigenvalue weighted by molar-refractivity contribution is 5.95. The second kappa shape index (κ2) is 12.9. The lowest BCUT2D eigenvalue weighted by molar-refractivity contribution is -0.126. The lowest BCUT2D eigenvalue weighted by Crippen LogP contribution is -2.43. The fourth-order valence-corrected chi connectivity index (χ4v) is 4.18. The molecule has 8 nitrogen and oxygen atoms in total. The van der Waals surface area contributed by atoms with Crippen LogP contribution in [0.15, 0.2) is 36.4 Å². The van der Waals surface area contributed by atoms with Crippen LogP contribution in [0.2, 0.25) is 0 Å². The molecule has 1 heterocycles. The Hall–Kier alpha value is -3.42. The molecular weight excluding hydrogens is 448 g/mol. The molecule has 0 unspecified atom stereocenters. The van der Waals surface area contributed by atoms with Crippen LogP contribution in [0.5, 0.6) is 23.0 Å². The molecule has 0 aromatic heterocycles. The molecule has 2 aromatic rings. The summed E-state index contributed by atoms with van der Waals surface area (Å²) in [6.07, 6.45) is 1.97. The molecule has 0 bridgehead atoms. The van der Waals surface area contributed by atoms with E-state index in [1.54, 1.807) is 37.3 Å². The number of hydrogen-bond donors (Lipinski definition) is 1. The third kappa shape index (κ3) is 7.04. The molecule has 1 saturated heterocycles. The lowest BCUT2D eigenvalue weighted by atomic mass is 9.95. The Labute approximate surface area is 207 Å². The van der Waals surface area contributed by atoms with Crippen molar-refractivity contribution in [3.63, 3.8) is 0 Å². The number of carbonyl (C=O) groups is 2. The van der Waals surface area contributed by atoms with Crippen LogP contribution in [0, 0.1) is 5.92 Å². The van der Waals surface area contributed by atoms with E-state index >= 15 is 0 Å². The van der Waals surface area contributed by atoms with E-state index in [2.05, 4.69) is 5.32 Å². The molecule has 190 valence electrons. The van der Waals surface area contributed by atoms with Gasteiger partial charge in [-0.25, -0.2) is 0 Å². The number of carbonyl (C=O) groups excluding carboxylic acids is 2. The van der Waals surface area contributed by atoms with Crippen LogP contribution >= 0.6 is 0 Å². The van der Waals surface area contributed by atoms with Crippen LogP contribution in [-0.2, 0) is 11.2 Å². The first-order valence-electron chi connectivity index (χ1n) is 12.2. The highest BCUT2D eigenvalue weighted by atomic mass is 16.5. The zero-order valence-electron chi connectivity index (χ0n) is 21.1. The quantitative estimate of drug-likeness (QED) is 0.523. The number of methoxy groups -OCH3 is 2. The summed E-state index contributed by atoms with van der Waals surface area (Å²) in [5.74, 6) is 2.46. The SMILES string of the molecule is CCOc1ccc(CCNC(=O)C2CCN(C(=O)c3cc(OC)cc(OC)c3)CC2)cc1OCC. The average Bonchev–Trinajstić information content (AvgIpc) is 2.89. The third-order valence-corrected chi connectivity index (χ3v) is 6.07. The highest BCUT2D eigenvalue weighted by Crippen LogP contribution is 2.29. The summed E-state index contributed by atoms with van der Waals surface area (Å²) in [6.45, 7) is 6.63. The smallest absolute Gasteiger partial charge is 0.254 e. The molecule has 2 aromatic carbocycles. The van der Waals surface area contributed by atoms with Crippen molar-refractivity contribution in [2.45, 2.75) is 33.1 Å². The van der Waals surface area contributed by atoms with E-state index in [1.807, 2.05) is 32.0 Å². The number of ether oxygens (including phenoxy) is 4. The van der Waals surface area contributed by atoms with Crippen molar-refractivity contribution < 1.29 is 28.5 Å². The molecule has 0 aliphatic carbocycles. The van der Waals surface area contributed by atoms with Gasteiger partial charge in [-0.3, -0.25) is 9.59 Å². The van der Waals surface area contributed by atoms with Crippen molar-refractivity contribution in [2.24, 2.45) is 5.92 Å². The second-order valence-corrected chi connectivity index (χ2v) is 8.36. The molecule has 1 aliphatic heterocycles. The molecule has 1 aliphatic rings. The minimum atomic E-state index is -0.0989. The van der Waals surface area contributed by atoms with Gasteiger partial charge >= 0.3 is 0 Å². The van der Waals surface area contributed by atoms with E-state index < -0.39 is 0 Å². The Kier molecular flexibility index (Phi) is 9.64. The molecule has 8 heteroatoms. The van der Waals surface area contributed by atoms with Gasteiger partial charge in [0.15, 0.2) is 11.5 Å². The number of rotatable bonds is 11. The Balaban J connectivity index is 1.48. The van der Waals surface area contributed by atoms with Gasteiger partial charge in [-0.15, -0.1) is 0 Å². The number of piperidine rings is 1. The Morgan fingerprint density at radius 3 is 2.14 bits per heavy atom. The van der Waals surface area contributed by atoms with Crippen LogP contribution in [0.25, 0.3) is 0 Å². The van der Waals surface area contributed by atoms with Gasteiger partial charge in [0.05, 0.1) is 27.4 Å². The predicted octanol–water partition coefficient (Wildman–Crippen LogP) is 3.71. The molecule has 0 radical (unpaired) electrons. The Morgan fingerprint density at radius 2 is 1.54 bits per heavy atom. The van der Waals surface area contributed by atoms with E-state index in [4.69, 9.17) is 18.9 Å². The molecule has 0 spiro atoms. The molecule has 0 atom stereocenters. The molecular formula is C27H36N2O6. The summed E-state index contributed by atoms with van der Waals surface area (Å²) in [5.41, 5.74) is 1.59. The molecule has 2 amide bonds. The van der Waals surface area contributed by atoms with Crippen LogP contribution in [0.3, 0.4) is 0 Å². The summed E-state index contributed by atoms with van der Waals surface area (Å²) >= 11 is 0. The van der Waals surface area contributed by atoms with Gasteiger partial charge in [0, 0.05) is 37.2 Å². The number of amides is 2. The molecule has 35 heavy (non-hydrogen) atoms. The lowest BCUT2D eigenvalue weighted by Gasteiger charge is -2.31. The van der Waals surface area contributed by atoms with Gasteiger partial charge in [-0.2, -0.15) is 0 Å². The van der Waals surface area contributed by atoms with Gasteiger partial charge in [-0.1, -0.05) is 6.07 Å². The molecule has 0 saturated carbocycles. The predicted molar refractivity (Wildman–Crippen MR) is 134 cm³/mol. The van der Waals surface area contributed by atoms with Crippen LogP contribution in [-0.4, -0.2) is 63.8 Å². The van der Waals surface area contributed by atoms with E-state index in [1.165, 1.54) is 0 Å². The first kappa shape index (κ1) is 26.2. The number of benzene rings is 2. The maximum atomic E-state index is 13.0. The van der Waals surface area contributed by atoms with Crippen molar-refractivity contribution in [3.8, 4) is 23.0 Å². The fraction of sp³-hybridized carbons (Fsp3) is 0.481. The minimum absolute atomic E-state index is 0.0381. The van der Waals surface area contributed by atoms with Crippen molar-refractivity contribution in [2.75, 3.05) is 47.1 Å². The van der Waals surface area contributed by atoms with Crippen molar-refractivity contribution in [1.82, 2.24) is 10.2 Å². The summed E-state index contributed by atoms with van der Waals surface area (Å²) in [5, 5.41) is 3.05. The zero-order valence-corrected chi connectivity index (χ0v) is 21.1. The molecule has 1 fully saturated rings. The van der Waals surface area contributed by atoms with Gasteiger partial charge in [0.2, 0.25) is 5.91 Å². The number of likely N-dealkylation sites (tertiary alicyclic amines) is 1. The maximum absolute atomic E-state index is 13.0. The van der Waals surface area contributed by atoms with Gasteiger partial charge in [0.25, 0.3) is 5.91 Å². The van der Waals surface area contributed by atoms with Gasteiger partial charge in [-0.05, 0) is 62.9 Å². The summed E-state index contributed by atoms with van der Waals surface area (Å²) in [6, 6.07) is 11.0. The Morgan fingerprint density at radius 1 is 0.914 bits per heavy atom. The summed E-state index contributed by atoms with van der Waals surface area (Å²) < 4.78 is 21.8. The summed E-state index contributed by atoms with van der Waals surface area (Å²) in [7, 11) is 3.11. The third-order valence-electron chi connectivity index (χ3n) is 6.07. The van der Waals surface area contributed by atoms with Crippen molar-refractivity contribution >= 4 is 11.8 Å². The van der Waals surface area contributed by atoms with Gasteiger partial charge in [0.1, 0.15) is 11.5 Å². The average molecular weight is 485 g/mol. The van der Waals surface area contributed by atoms with Crippen LogP contribution in [0.4, 0.5) is 0 Å². The van der Waals surface area contributed by atoms with E-state index in [0.29, 0.717) is 69.2 Å². The van der Waals surface area contributed by atoms with Crippen molar-refractivity contribution in [1.29, 1.82) is 0 Å². The summed E-state index contributed by atoms with van der Waals surface area (Å²) in [4.78, 5) is 27.5. The van der Waals surface area contributed by atoms with E-state index in [-0.39, 0.29) is 17.7 Å². The topological polar surface area (TPSA) is 86.3 Å². The largest absolute Gasteiger partial charge is 0.497 e. The first-order chi connectivity index (χ1) is 17.0. The van der Waals surface area contributed by atoms with Crippen molar-refractivity contribution in [3.05, 3.63) is 47.5 Å². The van der Waals surface area contributed by atoms with Crippen LogP contribution < -0.4 is 24.3 Å². The standard InChI is InChI=1S/C27H36N2O6/c1-5-34-24-8-7-19(15-25(24)35-6-2)9-12-28-26(30)20-10-13-29(14-11-20)27(31)21-16-22(32-3)18-23(17-21)33-4/h7-8,15-18,20H,5-6,9-14H2,1-4H3,(H,28,30). The number of nitrogens with one attached hydrogen (secondary N) is 1. The van der Waals surface area contributed by atoms with E-state index in [9.17, 15) is 9.59 Å². The monoisotopic (exact) mass is 484 g/mol.